The monoisotopic (exact) mass is 332 g/mol. The van der Waals surface area contributed by atoms with E-state index in [1.807, 2.05) is 44.2 Å². The quantitative estimate of drug-likeness (QED) is 0.839. The Morgan fingerprint density at radius 2 is 1.85 bits per heavy atom. The second-order valence-electron chi connectivity index (χ2n) is 4.90. The topological polar surface area (TPSA) is 55.1 Å². The molecule has 4 heteroatoms. The molecule has 0 radical (unpaired) electrons. The Balaban J connectivity index is 2.10. The maximum absolute atomic E-state index is 12.1. The second kappa shape index (κ2) is 6.09. The minimum Gasteiger partial charge on any atom is -0.397 e. The van der Waals surface area contributed by atoms with E-state index in [0.717, 1.165) is 15.6 Å². The molecule has 2 aromatic rings. The van der Waals surface area contributed by atoms with Crippen molar-refractivity contribution < 1.29 is 4.79 Å². The molecular weight excluding hydrogens is 316 g/mol. The van der Waals surface area contributed by atoms with E-state index in [1.165, 1.54) is 5.56 Å². The van der Waals surface area contributed by atoms with Gasteiger partial charge in [-0.3, -0.25) is 4.79 Å². The Labute approximate surface area is 127 Å². The zero-order valence-corrected chi connectivity index (χ0v) is 13.1. The average molecular weight is 333 g/mol. The lowest BCUT2D eigenvalue weighted by Crippen LogP contribution is -2.16. The molecule has 0 saturated heterocycles. The third-order valence-corrected chi connectivity index (χ3v) is 3.54. The first-order chi connectivity index (χ1) is 9.45. The lowest BCUT2D eigenvalue weighted by Gasteiger charge is -2.12. The standard InChI is InChI=1S/C16H17BrN2O/c1-10-3-5-12(6-4-10)8-15(20)19-16-11(2)7-13(17)9-14(16)18/h3-7,9H,8,18H2,1-2H3,(H,19,20). The maximum Gasteiger partial charge on any atom is 0.228 e. The fraction of sp³-hybridized carbons (Fsp3) is 0.188. The molecule has 0 bridgehead atoms. The highest BCUT2D eigenvalue weighted by molar-refractivity contribution is 9.10. The summed E-state index contributed by atoms with van der Waals surface area (Å²) in [6, 6.07) is 11.6. The van der Waals surface area contributed by atoms with Crippen molar-refractivity contribution in [3.8, 4) is 0 Å². The fourth-order valence-corrected chi connectivity index (χ4v) is 2.60. The van der Waals surface area contributed by atoms with Crippen molar-refractivity contribution >= 4 is 33.2 Å². The molecule has 0 aliphatic rings. The Morgan fingerprint density at radius 1 is 1.20 bits per heavy atom. The number of anilines is 2. The van der Waals surface area contributed by atoms with Crippen LogP contribution in [0.3, 0.4) is 0 Å². The van der Waals surface area contributed by atoms with Gasteiger partial charge in [0.15, 0.2) is 0 Å². The van der Waals surface area contributed by atoms with Crippen molar-refractivity contribution in [3.05, 3.63) is 57.6 Å². The van der Waals surface area contributed by atoms with Crippen molar-refractivity contribution in [2.24, 2.45) is 0 Å². The van der Waals surface area contributed by atoms with E-state index in [0.29, 0.717) is 17.8 Å². The van der Waals surface area contributed by atoms with Gasteiger partial charge in [-0.1, -0.05) is 45.8 Å². The summed E-state index contributed by atoms with van der Waals surface area (Å²) in [5.41, 5.74) is 10.3. The summed E-state index contributed by atoms with van der Waals surface area (Å²) < 4.78 is 0.907. The first kappa shape index (κ1) is 14.6. The van der Waals surface area contributed by atoms with Gasteiger partial charge in [-0.15, -0.1) is 0 Å². The molecule has 104 valence electrons. The SMILES string of the molecule is Cc1ccc(CC(=O)Nc2c(C)cc(Br)cc2N)cc1. The van der Waals surface area contributed by atoms with Crippen LogP contribution in [0, 0.1) is 13.8 Å². The van der Waals surface area contributed by atoms with Gasteiger partial charge in [0.2, 0.25) is 5.91 Å². The first-order valence-corrected chi connectivity index (χ1v) is 7.16. The van der Waals surface area contributed by atoms with Crippen LogP contribution in [0.4, 0.5) is 11.4 Å². The number of hydrogen-bond donors (Lipinski definition) is 2. The molecule has 0 aliphatic carbocycles. The number of carbonyl (C=O) groups is 1. The van der Waals surface area contributed by atoms with Gasteiger partial charge in [0, 0.05) is 4.47 Å². The van der Waals surface area contributed by atoms with Crippen LogP contribution in [0.25, 0.3) is 0 Å². The highest BCUT2D eigenvalue weighted by Gasteiger charge is 2.09. The number of halogens is 1. The van der Waals surface area contributed by atoms with Crippen LogP contribution >= 0.6 is 15.9 Å². The van der Waals surface area contributed by atoms with Gasteiger partial charge in [-0.25, -0.2) is 0 Å². The summed E-state index contributed by atoms with van der Waals surface area (Å²) in [6.45, 7) is 3.94. The number of nitrogens with one attached hydrogen (secondary N) is 1. The molecule has 0 aliphatic heterocycles. The van der Waals surface area contributed by atoms with E-state index < -0.39 is 0 Å². The van der Waals surface area contributed by atoms with E-state index in [-0.39, 0.29) is 5.91 Å². The molecular formula is C16H17BrN2O. The minimum absolute atomic E-state index is 0.0639. The number of benzene rings is 2. The molecule has 0 atom stereocenters. The summed E-state index contributed by atoms with van der Waals surface area (Å²) >= 11 is 3.38. The van der Waals surface area contributed by atoms with Crippen LogP contribution in [0.5, 0.6) is 0 Å². The largest absolute Gasteiger partial charge is 0.397 e. The average Bonchev–Trinajstić information content (AvgIpc) is 2.36. The van der Waals surface area contributed by atoms with Crippen LogP contribution in [-0.2, 0) is 11.2 Å². The van der Waals surface area contributed by atoms with Crippen molar-refractivity contribution in [3.63, 3.8) is 0 Å². The highest BCUT2D eigenvalue weighted by atomic mass is 79.9. The van der Waals surface area contributed by atoms with Crippen molar-refractivity contribution in [2.75, 3.05) is 11.1 Å². The summed E-state index contributed by atoms with van der Waals surface area (Å²) in [5, 5.41) is 2.88. The molecule has 2 rings (SSSR count). The van der Waals surface area contributed by atoms with E-state index >= 15 is 0 Å². The molecule has 20 heavy (non-hydrogen) atoms. The molecule has 0 aromatic heterocycles. The Morgan fingerprint density at radius 3 is 2.45 bits per heavy atom. The number of amides is 1. The molecule has 1 amide bonds. The lowest BCUT2D eigenvalue weighted by atomic mass is 10.1. The molecule has 0 unspecified atom stereocenters. The minimum atomic E-state index is -0.0639. The number of rotatable bonds is 3. The van der Waals surface area contributed by atoms with Gasteiger partial charge in [-0.05, 0) is 37.1 Å². The second-order valence-corrected chi connectivity index (χ2v) is 5.81. The third-order valence-electron chi connectivity index (χ3n) is 3.08. The van der Waals surface area contributed by atoms with E-state index in [2.05, 4.69) is 21.2 Å². The van der Waals surface area contributed by atoms with Crippen molar-refractivity contribution in [2.45, 2.75) is 20.3 Å². The van der Waals surface area contributed by atoms with E-state index in [9.17, 15) is 4.79 Å². The van der Waals surface area contributed by atoms with Gasteiger partial charge in [-0.2, -0.15) is 0 Å². The van der Waals surface area contributed by atoms with Crippen LogP contribution in [0.15, 0.2) is 40.9 Å². The molecule has 0 fully saturated rings. The third kappa shape index (κ3) is 3.61. The van der Waals surface area contributed by atoms with E-state index in [4.69, 9.17) is 5.73 Å². The van der Waals surface area contributed by atoms with Crippen LogP contribution in [0.1, 0.15) is 16.7 Å². The lowest BCUT2D eigenvalue weighted by molar-refractivity contribution is -0.115. The fourth-order valence-electron chi connectivity index (χ4n) is 2.01. The Kier molecular flexibility index (Phi) is 4.45. The maximum atomic E-state index is 12.1. The molecule has 0 heterocycles. The van der Waals surface area contributed by atoms with Gasteiger partial charge >= 0.3 is 0 Å². The Bertz CT molecular complexity index is 612. The molecule has 0 spiro atoms. The zero-order valence-electron chi connectivity index (χ0n) is 11.5. The van der Waals surface area contributed by atoms with Gasteiger partial charge < -0.3 is 11.1 Å². The summed E-state index contributed by atoms with van der Waals surface area (Å²) in [4.78, 5) is 12.1. The predicted molar refractivity (Wildman–Crippen MR) is 86.8 cm³/mol. The van der Waals surface area contributed by atoms with Gasteiger partial charge in [0.1, 0.15) is 0 Å². The summed E-state index contributed by atoms with van der Waals surface area (Å²) in [6.07, 6.45) is 0.342. The van der Waals surface area contributed by atoms with Gasteiger partial charge in [0.25, 0.3) is 0 Å². The van der Waals surface area contributed by atoms with E-state index in [1.54, 1.807) is 6.07 Å². The predicted octanol–water partition coefficient (Wildman–Crippen LogP) is 3.83. The molecule has 3 nitrogen and oxygen atoms in total. The summed E-state index contributed by atoms with van der Waals surface area (Å²) in [7, 11) is 0. The molecule has 2 aromatic carbocycles. The van der Waals surface area contributed by atoms with Crippen molar-refractivity contribution in [1.29, 1.82) is 0 Å². The van der Waals surface area contributed by atoms with Crippen LogP contribution < -0.4 is 11.1 Å². The number of carbonyl (C=O) groups excluding carboxylic acids is 1. The number of nitrogen functional groups attached to an aromatic ring is 1. The highest BCUT2D eigenvalue weighted by Crippen LogP contribution is 2.27. The normalized spacial score (nSPS) is 10.3. The van der Waals surface area contributed by atoms with Crippen molar-refractivity contribution in [1.82, 2.24) is 0 Å². The number of hydrogen-bond acceptors (Lipinski definition) is 2. The van der Waals surface area contributed by atoms with Crippen LogP contribution in [-0.4, -0.2) is 5.91 Å². The number of nitrogens with two attached hydrogens (primary N) is 1. The zero-order chi connectivity index (χ0) is 14.7. The Hall–Kier alpha value is -1.81. The first-order valence-electron chi connectivity index (χ1n) is 6.36. The van der Waals surface area contributed by atoms with Gasteiger partial charge in [0.05, 0.1) is 17.8 Å². The number of aryl methyl sites for hydroxylation is 2. The summed E-state index contributed by atoms with van der Waals surface area (Å²) in [5.74, 6) is -0.0639. The smallest absolute Gasteiger partial charge is 0.228 e. The molecule has 0 saturated carbocycles. The molecule has 3 N–H and O–H groups in total. The van der Waals surface area contributed by atoms with Crippen LogP contribution in [0.2, 0.25) is 0 Å².